The Labute approximate surface area is 180 Å². The third-order valence-electron chi connectivity index (χ3n) is 4.47. The second kappa shape index (κ2) is 10.2. The fraction of sp³-hybridized carbons (Fsp3) is 0.167. The molecule has 0 unspecified atom stereocenters. The summed E-state index contributed by atoms with van der Waals surface area (Å²) in [4.78, 5) is 24.7. The minimum Gasteiger partial charge on any atom is -0.497 e. The second-order valence-electron chi connectivity index (χ2n) is 6.75. The third kappa shape index (κ3) is 5.99. The molecule has 3 aromatic rings. The smallest absolute Gasteiger partial charge is 0.262 e. The van der Waals surface area contributed by atoms with Crippen molar-refractivity contribution < 1.29 is 23.8 Å². The topological polar surface area (TPSA) is 85.9 Å². The molecule has 0 saturated heterocycles. The van der Waals surface area contributed by atoms with Crippen molar-refractivity contribution in [1.82, 2.24) is 0 Å². The number of methoxy groups -OCH3 is 2. The predicted molar refractivity (Wildman–Crippen MR) is 119 cm³/mol. The largest absolute Gasteiger partial charge is 0.497 e. The van der Waals surface area contributed by atoms with Crippen molar-refractivity contribution in [2.75, 3.05) is 31.5 Å². The molecule has 0 bridgehead atoms. The van der Waals surface area contributed by atoms with Crippen LogP contribution in [0.3, 0.4) is 0 Å². The summed E-state index contributed by atoms with van der Waals surface area (Å²) >= 11 is 0. The Balaban J connectivity index is 1.60. The summed E-state index contributed by atoms with van der Waals surface area (Å²) in [7, 11) is 3.05. The Kier molecular flexibility index (Phi) is 7.11. The number of carbonyl (C=O) groups is 2. The summed E-state index contributed by atoms with van der Waals surface area (Å²) in [6, 6.07) is 19.3. The van der Waals surface area contributed by atoms with Gasteiger partial charge < -0.3 is 24.8 Å². The molecule has 0 fully saturated rings. The zero-order valence-electron chi connectivity index (χ0n) is 17.6. The van der Waals surface area contributed by atoms with Gasteiger partial charge in [0, 0.05) is 16.9 Å². The van der Waals surface area contributed by atoms with Gasteiger partial charge in [-0.05, 0) is 61.5 Å². The van der Waals surface area contributed by atoms with Crippen LogP contribution in [0.1, 0.15) is 15.9 Å². The molecular weight excluding hydrogens is 396 g/mol. The molecule has 0 radical (unpaired) electrons. The Bertz CT molecular complexity index is 1050. The first kappa shape index (κ1) is 21.7. The Morgan fingerprint density at radius 3 is 2.06 bits per heavy atom. The molecule has 0 aromatic heterocycles. The molecular formula is C24H24N2O5. The van der Waals surface area contributed by atoms with E-state index in [-0.39, 0.29) is 18.4 Å². The van der Waals surface area contributed by atoms with E-state index in [0.29, 0.717) is 34.2 Å². The third-order valence-corrected chi connectivity index (χ3v) is 4.47. The molecule has 0 saturated carbocycles. The molecule has 3 rings (SSSR count). The molecule has 7 nitrogen and oxygen atoms in total. The van der Waals surface area contributed by atoms with Crippen LogP contribution in [0.2, 0.25) is 0 Å². The Morgan fingerprint density at radius 1 is 0.774 bits per heavy atom. The van der Waals surface area contributed by atoms with E-state index in [1.165, 1.54) is 7.11 Å². The first-order valence-electron chi connectivity index (χ1n) is 9.61. The normalized spacial score (nSPS) is 10.2. The molecule has 2 N–H and O–H groups in total. The highest BCUT2D eigenvalue weighted by atomic mass is 16.5. The maximum absolute atomic E-state index is 12.5. The van der Waals surface area contributed by atoms with E-state index in [9.17, 15) is 9.59 Å². The number of aryl methyl sites for hydroxylation is 1. The summed E-state index contributed by atoms with van der Waals surface area (Å²) in [5, 5.41) is 5.57. The monoisotopic (exact) mass is 420 g/mol. The highest BCUT2D eigenvalue weighted by Gasteiger charge is 2.13. The minimum absolute atomic E-state index is 0.211. The summed E-state index contributed by atoms with van der Waals surface area (Å²) < 4.78 is 16.0. The van der Waals surface area contributed by atoms with Gasteiger partial charge in [-0.25, -0.2) is 0 Å². The molecule has 0 atom stereocenters. The second-order valence-corrected chi connectivity index (χ2v) is 6.75. The lowest BCUT2D eigenvalue weighted by molar-refractivity contribution is -0.118. The zero-order chi connectivity index (χ0) is 22.2. The molecule has 0 aliphatic heterocycles. The molecule has 160 valence electrons. The summed E-state index contributed by atoms with van der Waals surface area (Å²) in [5.74, 6) is 0.818. The fourth-order valence-electron chi connectivity index (χ4n) is 2.78. The number of amides is 2. The number of nitrogens with one attached hydrogen (secondary N) is 2. The number of hydrogen-bond acceptors (Lipinski definition) is 5. The van der Waals surface area contributed by atoms with Gasteiger partial charge in [0.25, 0.3) is 11.8 Å². The van der Waals surface area contributed by atoms with Gasteiger partial charge in [-0.15, -0.1) is 0 Å². The maximum atomic E-state index is 12.5. The van der Waals surface area contributed by atoms with Crippen molar-refractivity contribution in [2.24, 2.45) is 0 Å². The summed E-state index contributed by atoms with van der Waals surface area (Å²) in [6.07, 6.45) is 0. The van der Waals surface area contributed by atoms with Gasteiger partial charge in [0.1, 0.15) is 5.75 Å². The van der Waals surface area contributed by atoms with Gasteiger partial charge in [-0.1, -0.05) is 17.7 Å². The van der Waals surface area contributed by atoms with Crippen LogP contribution in [0.25, 0.3) is 0 Å². The van der Waals surface area contributed by atoms with Gasteiger partial charge in [-0.2, -0.15) is 0 Å². The molecule has 0 aliphatic carbocycles. The van der Waals surface area contributed by atoms with Crippen LogP contribution in [-0.4, -0.2) is 32.6 Å². The van der Waals surface area contributed by atoms with E-state index in [4.69, 9.17) is 14.2 Å². The molecule has 2 amide bonds. The lowest BCUT2D eigenvalue weighted by atomic mass is 10.1. The van der Waals surface area contributed by atoms with Crippen LogP contribution in [0, 0.1) is 6.92 Å². The van der Waals surface area contributed by atoms with E-state index in [0.717, 1.165) is 5.56 Å². The Morgan fingerprint density at radius 2 is 1.42 bits per heavy atom. The van der Waals surface area contributed by atoms with E-state index in [2.05, 4.69) is 10.6 Å². The molecule has 0 heterocycles. The van der Waals surface area contributed by atoms with Crippen LogP contribution in [0.4, 0.5) is 11.4 Å². The van der Waals surface area contributed by atoms with E-state index in [1.54, 1.807) is 49.6 Å². The first-order valence-corrected chi connectivity index (χ1v) is 9.61. The maximum Gasteiger partial charge on any atom is 0.262 e. The van der Waals surface area contributed by atoms with E-state index >= 15 is 0 Å². The van der Waals surface area contributed by atoms with Crippen molar-refractivity contribution in [3.63, 3.8) is 0 Å². The Hall–Kier alpha value is -4.00. The van der Waals surface area contributed by atoms with Crippen LogP contribution in [0.5, 0.6) is 17.2 Å². The van der Waals surface area contributed by atoms with E-state index in [1.807, 2.05) is 31.2 Å². The van der Waals surface area contributed by atoms with Crippen LogP contribution >= 0.6 is 0 Å². The van der Waals surface area contributed by atoms with Crippen molar-refractivity contribution in [2.45, 2.75) is 6.92 Å². The molecule has 0 aliphatic rings. The van der Waals surface area contributed by atoms with Crippen molar-refractivity contribution in [3.05, 3.63) is 77.9 Å². The van der Waals surface area contributed by atoms with Crippen LogP contribution in [-0.2, 0) is 4.79 Å². The summed E-state index contributed by atoms with van der Waals surface area (Å²) in [6.45, 7) is 1.77. The lowest BCUT2D eigenvalue weighted by Crippen LogP contribution is -2.20. The fourth-order valence-corrected chi connectivity index (χ4v) is 2.78. The van der Waals surface area contributed by atoms with Crippen molar-refractivity contribution >= 4 is 23.2 Å². The molecule has 7 heteroatoms. The predicted octanol–water partition coefficient (Wildman–Crippen LogP) is 4.28. The lowest BCUT2D eigenvalue weighted by Gasteiger charge is -2.13. The number of rotatable bonds is 8. The van der Waals surface area contributed by atoms with Crippen molar-refractivity contribution in [1.29, 1.82) is 0 Å². The van der Waals surface area contributed by atoms with Gasteiger partial charge in [-0.3, -0.25) is 9.59 Å². The number of hydrogen-bond donors (Lipinski definition) is 2. The number of ether oxygens (including phenoxy) is 3. The molecule has 31 heavy (non-hydrogen) atoms. The number of benzene rings is 3. The molecule has 3 aromatic carbocycles. The first-order chi connectivity index (χ1) is 15.0. The quantitative estimate of drug-likeness (QED) is 0.568. The average Bonchev–Trinajstić information content (AvgIpc) is 2.79. The highest BCUT2D eigenvalue weighted by molar-refractivity contribution is 6.04. The zero-order valence-corrected chi connectivity index (χ0v) is 17.6. The van der Waals surface area contributed by atoms with Crippen molar-refractivity contribution in [3.8, 4) is 17.2 Å². The highest BCUT2D eigenvalue weighted by Crippen LogP contribution is 2.28. The standard InChI is InChI=1S/C24H24N2O5/c1-16-4-7-19(8-5-16)26-24(28)17-6-13-21(22(14-17)30-3)31-15-23(27)25-18-9-11-20(29-2)12-10-18/h4-14H,15H2,1-3H3,(H,25,27)(H,26,28). The van der Waals surface area contributed by atoms with Gasteiger partial charge in [0.2, 0.25) is 0 Å². The number of anilines is 2. The minimum atomic E-state index is -0.326. The van der Waals surface area contributed by atoms with Crippen LogP contribution in [0.15, 0.2) is 66.7 Å². The van der Waals surface area contributed by atoms with Gasteiger partial charge in [0.05, 0.1) is 14.2 Å². The summed E-state index contributed by atoms with van der Waals surface area (Å²) in [5.41, 5.74) is 2.85. The van der Waals surface area contributed by atoms with Gasteiger partial charge >= 0.3 is 0 Å². The van der Waals surface area contributed by atoms with Gasteiger partial charge in [0.15, 0.2) is 18.1 Å². The SMILES string of the molecule is COc1ccc(NC(=O)COc2ccc(C(=O)Nc3ccc(C)cc3)cc2OC)cc1. The number of carbonyl (C=O) groups excluding carboxylic acids is 2. The van der Waals surface area contributed by atoms with Crippen LogP contribution < -0.4 is 24.8 Å². The average molecular weight is 420 g/mol. The van der Waals surface area contributed by atoms with E-state index < -0.39 is 0 Å². The molecule has 0 spiro atoms.